The summed E-state index contributed by atoms with van der Waals surface area (Å²) >= 11 is 0. The molecule has 3 heteroatoms. The van der Waals surface area contributed by atoms with E-state index in [2.05, 4.69) is 48.6 Å². The third-order valence-electron chi connectivity index (χ3n) is 8.99. The van der Waals surface area contributed by atoms with Crippen LogP contribution in [-0.2, 0) is 10.2 Å². The van der Waals surface area contributed by atoms with Gasteiger partial charge in [-0.2, -0.15) is 0 Å². The highest BCUT2D eigenvalue weighted by Crippen LogP contribution is 2.67. The first-order chi connectivity index (χ1) is 14.6. The van der Waals surface area contributed by atoms with Crippen LogP contribution < -0.4 is 11.1 Å². The quantitative estimate of drug-likeness (QED) is 0.668. The molecular weight excluding hydrogens is 368 g/mol. The topological polar surface area (TPSA) is 55.1 Å². The number of hydrogen-bond donors (Lipinski definition) is 2. The molecule has 0 aromatic heterocycles. The first-order valence-electron chi connectivity index (χ1n) is 12.3. The molecule has 5 aliphatic rings. The molecule has 0 aliphatic heterocycles. The van der Waals surface area contributed by atoms with E-state index in [1.165, 1.54) is 18.4 Å². The predicted molar refractivity (Wildman–Crippen MR) is 122 cm³/mol. The molecule has 2 atom stereocenters. The maximum atomic E-state index is 13.8. The van der Waals surface area contributed by atoms with Crippen LogP contribution in [0.25, 0.3) is 0 Å². The maximum absolute atomic E-state index is 13.8. The Labute approximate surface area is 181 Å². The molecule has 0 heterocycles. The molecule has 3 nitrogen and oxygen atoms in total. The second kappa shape index (κ2) is 7.82. The molecule has 1 aromatic rings. The Morgan fingerprint density at radius 2 is 1.73 bits per heavy atom. The first-order valence-corrected chi connectivity index (χ1v) is 12.3. The van der Waals surface area contributed by atoms with E-state index in [9.17, 15) is 4.79 Å². The monoisotopic (exact) mass is 406 g/mol. The molecule has 162 valence electrons. The molecule has 2 unspecified atom stereocenters. The van der Waals surface area contributed by atoms with Gasteiger partial charge >= 0.3 is 0 Å². The van der Waals surface area contributed by atoms with Crippen LogP contribution in [0.2, 0.25) is 0 Å². The minimum atomic E-state index is -0.169. The summed E-state index contributed by atoms with van der Waals surface area (Å²) in [5.74, 6) is 2.19. The lowest BCUT2D eigenvalue weighted by atomic mass is 9.41. The van der Waals surface area contributed by atoms with Crippen LogP contribution in [0.4, 0.5) is 0 Å². The van der Waals surface area contributed by atoms with E-state index in [1.807, 2.05) is 0 Å². The van der Waals surface area contributed by atoms with Gasteiger partial charge in [0, 0.05) is 6.04 Å². The van der Waals surface area contributed by atoms with E-state index in [0.29, 0.717) is 29.7 Å². The van der Waals surface area contributed by atoms with Gasteiger partial charge in [-0.25, -0.2) is 0 Å². The van der Waals surface area contributed by atoms with Gasteiger partial charge in [0.05, 0.1) is 5.41 Å². The van der Waals surface area contributed by atoms with Crippen molar-refractivity contribution in [2.45, 2.75) is 82.6 Å². The van der Waals surface area contributed by atoms with Crippen molar-refractivity contribution in [2.75, 3.05) is 6.54 Å². The maximum Gasteiger partial charge on any atom is 0.226 e. The molecule has 6 rings (SSSR count). The third-order valence-corrected chi connectivity index (χ3v) is 8.99. The zero-order valence-electron chi connectivity index (χ0n) is 18.5. The lowest BCUT2D eigenvalue weighted by Gasteiger charge is -2.62. The van der Waals surface area contributed by atoms with E-state index in [4.69, 9.17) is 5.73 Å². The van der Waals surface area contributed by atoms with Crippen LogP contribution >= 0.6 is 0 Å². The van der Waals surface area contributed by atoms with Gasteiger partial charge in [0.1, 0.15) is 0 Å². The fourth-order valence-corrected chi connectivity index (χ4v) is 7.78. The van der Waals surface area contributed by atoms with Crippen LogP contribution in [0.15, 0.2) is 42.0 Å². The van der Waals surface area contributed by atoms with Crippen molar-refractivity contribution in [2.24, 2.45) is 28.9 Å². The predicted octanol–water partition coefficient (Wildman–Crippen LogP) is 5.10. The van der Waals surface area contributed by atoms with E-state index >= 15 is 0 Å². The van der Waals surface area contributed by atoms with Crippen molar-refractivity contribution in [3.63, 3.8) is 0 Å². The molecule has 5 fully saturated rings. The van der Waals surface area contributed by atoms with Crippen LogP contribution in [0.3, 0.4) is 0 Å². The Morgan fingerprint density at radius 1 is 1.07 bits per heavy atom. The lowest BCUT2D eigenvalue weighted by molar-refractivity contribution is -0.145. The highest BCUT2D eigenvalue weighted by molar-refractivity contribution is 5.84. The summed E-state index contributed by atoms with van der Waals surface area (Å²) in [4.78, 5) is 13.8. The molecule has 3 N–H and O–H groups in total. The summed E-state index contributed by atoms with van der Waals surface area (Å²) in [7, 11) is 0. The third kappa shape index (κ3) is 3.34. The minimum absolute atomic E-state index is 0.169. The average molecular weight is 407 g/mol. The van der Waals surface area contributed by atoms with Crippen molar-refractivity contribution in [1.29, 1.82) is 0 Å². The Bertz CT molecular complexity index is 787. The van der Waals surface area contributed by atoms with Crippen molar-refractivity contribution in [3.05, 3.63) is 47.5 Å². The van der Waals surface area contributed by atoms with Gasteiger partial charge in [-0.1, -0.05) is 48.9 Å². The van der Waals surface area contributed by atoms with Gasteiger partial charge in [-0.3, -0.25) is 4.79 Å². The number of benzene rings is 1. The molecule has 0 radical (unpaired) electrons. The smallest absolute Gasteiger partial charge is 0.226 e. The number of carbonyl (C=O) groups excluding carboxylic acids is 1. The van der Waals surface area contributed by atoms with Crippen molar-refractivity contribution in [1.82, 2.24) is 5.32 Å². The molecule has 0 saturated heterocycles. The summed E-state index contributed by atoms with van der Waals surface area (Å²) < 4.78 is 0. The van der Waals surface area contributed by atoms with E-state index in [0.717, 1.165) is 57.9 Å². The molecule has 1 aromatic carbocycles. The van der Waals surface area contributed by atoms with Gasteiger partial charge in [-0.15, -0.1) is 0 Å². The standard InChI is InChI=1S/C27H38N2O/c1-2-6-24-20-13-26(22-7-4-3-5-8-22)14-21(24)16-27(15-20,18-26)25(30)29-23-11-9-19(17-28)10-12-23/h3-8,19-21,23H,2,9-18,28H2,1H3,(H,29,30)/t19-,20?,21?,23-,26?,27?. The highest BCUT2D eigenvalue weighted by atomic mass is 16.2. The molecule has 4 bridgehead atoms. The largest absolute Gasteiger partial charge is 0.353 e. The number of hydrogen-bond acceptors (Lipinski definition) is 2. The van der Waals surface area contributed by atoms with E-state index in [1.54, 1.807) is 5.57 Å². The molecule has 5 aliphatic carbocycles. The second-order valence-corrected chi connectivity index (χ2v) is 10.9. The highest BCUT2D eigenvalue weighted by Gasteiger charge is 2.62. The number of nitrogens with two attached hydrogens (primary N) is 1. The fraction of sp³-hybridized carbons (Fsp3) is 0.667. The Morgan fingerprint density at radius 3 is 2.33 bits per heavy atom. The molecule has 0 spiro atoms. The minimum Gasteiger partial charge on any atom is -0.353 e. The molecule has 30 heavy (non-hydrogen) atoms. The lowest BCUT2D eigenvalue weighted by Crippen LogP contribution is -2.60. The SMILES string of the molecule is CCC=C1C2CC3(C(=O)N[C@H]4CC[C@H](CN)CC4)CC1CC(c1ccccc1)(C2)C3. The van der Waals surface area contributed by atoms with Gasteiger partial charge < -0.3 is 11.1 Å². The normalized spacial score (nSPS) is 39.7. The summed E-state index contributed by atoms with van der Waals surface area (Å²) in [6.45, 7) is 3.05. The van der Waals surface area contributed by atoms with Gasteiger partial charge in [0.2, 0.25) is 5.91 Å². The summed E-state index contributed by atoms with van der Waals surface area (Å²) in [5, 5.41) is 3.54. The van der Waals surface area contributed by atoms with Gasteiger partial charge in [0.15, 0.2) is 0 Å². The summed E-state index contributed by atoms with van der Waals surface area (Å²) in [6, 6.07) is 11.5. The number of rotatable bonds is 5. The average Bonchev–Trinajstić information content (AvgIpc) is 2.77. The zero-order chi connectivity index (χ0) is 20.8. The van der Waals surface area contributed by atoms with Crippen molar-refractivity contribution < 1.29 is 4.79 Å². The van der Waals surface area contributed by atoms with Gasteiger partial charge in [-0.05, 0) is 99.5 Å². The number of amides is 1. The summed E-state index contributed by atoms with van der Waals surface area (Å²) in [6.07, 6.45) is 13.8. The van der Waals surface area contributed by atoms with Crippen LogP contribution in [-0.4, -0.2) is 18.5 Å². The molecule has 1 amide bonds. The fourth-order valence-electron chi connectivity index (χ4n) is 7.78. The van der Waals surface area contributed by atoms with Crippen molar-refractivity contribution >= 4 is 5.91 Å². The Hall–Kier alpha value is -1.61. The number of carbonyl (C=O) groups is 1. The van der Waals surface area contributed by atoms with E-state index in [-0.39, 0.29) is 10.8 Å². The Balaban J connectivity index is 1.41. The number of nitrogens with one attached hydrogen (secondary N) is 1. The van der Waals surface area contributed by atoms with Crippen molar-refractivity contribution in [3.8, 4) is 0 Å². The number of allylic oxidation sites excluding steroid dienone is 2. The van der Waals surface area contributed by atoms with Gasteiger partial charge in [0.25, 0.3) is 0 Å². The summed E-state index contributed by atoms with van der Waals surface area (Å²) in [5.41, 5.74) is 9.03. The van der Waals surface area contributed by atoms with Crippen LogP contribution in [0, 0.1) is 23.2 Å². The van der Waals surface area contributed by atoms with Crippen LogP contribution in [0.1, 0.15) is 76.7 Å². The first kappa shape index (κ1) is 20.3. The van der Waals surface area contributed by atoms with Crippen LogP contribution in [0.5, 0.6) is 0 Å². The molecule has 5 saturated carbocycles. The second-order valence-electron chi connectivity index (χ2n) is 10.9. The zero-order valence-corrected chi connectivity index (χ0v) is 18.5. The Kier molecular flexibility index (Phi) is 5.29. The van der Waals surface area contributed by atoms with E-state index < -0.39 is 0 Å². The molecular formula is C27H38N2O.